The summed E-state index contributed by atoms with van der Waals surface area (Å²) in [5, 5.41) is 3.12. The van der Waals surface area contributed by atoms with Crippen LogP contribution < -0.4 is 14.8 Å². The third-order valence-corrected chi connectivity index (χ3v) is 5.30. The molecule has 0 radical (unpaired) electrons. The standard InChI is InChI=1S/C22H28N2O3/c1-4-15-27-20-12-11-19(16(2)23-20)24-21(25)22(13-5-6-14-22)17-7-9-18(26-3)10-8-17/h7-12H,4-6,13-15H2,1-3H3,(H,24,25). The third kappa shape index (κ3) is 4.07. The van der Waals surface area contributed by atoms with Crippen LogP contribution in [0.15, 0.2) is 36.4 Å². The second-order valence-electron chi connectivity index (χ2n) is 7.10. The lowest BCUT2D eigenvalue weighted by atomic mass is 9.78. The van der Waals surface area contributed by atoms with Crippen molar-refractivity contribution >= 4 is 11.6 Å². The number of aryl methyl sites for hydroxylation is 1. The van der Waals surface area contributed by atoms with Crippen LogP contribution in [0.5, 0.6) is 11.6 Å². The van der Waals surface area contributed by atoms with Crippen LogP contribution in [0.4, 0.5) is 5.69 Å². The molecule has 2 aromatic rings. The summed E-state index contributed by atoms with van der Waals surface area (Å²) in [5.74, 6) is 1.44. The van der Waals surface area contributed by atoms with Crippen molar-refractivity contribution in [3.8, 4) is 11.6 Å². The van der Waals surface area contributed by atoms with Gasteiger partial charge in [-0.05, 0) is 49.9 Å². The van der Waals surface area contributed by atoms with Crippen molar-refractivity contribution < 1.29 is 14.3 Å². The zero-order valence-corrected chi connectivity index (χ0v) is 16.4. The van der Waals surface area contributed by atoms with Gasteiger partial charge in [-0.25, -0.2) is 4.98 Å². The third-order valence-electron chi connectivity index (χ3n) is 5.30. The Hall–Kier alpha value is -2.56. The molecule has 1 aromatic heterocycles. The number of ether oxygens (including phenoxy) is 2. The van der Waals surface area contributed by atoms with Crippen molar-refractivity contribution in [2.45, 2.75) is 51.4 Å². The van der Waals surface area contributed by atoms with Crippen LogP contribution in [0, 0.1) is 6.92 Å². The average molecular weight is 368 g/mol. The molecule has 27 heavy (non-hydrogen) atoms. The second kappa shape index (κ2) is 8.42. The van der Waals surface area contributed by atoms with Gasteiger partial charge in [-0.1, -0.05) is 31.9 Å². The van der Waals surface area contributed by atoms with Crippen molar-refractivity contribution in [2.24, 2.45) is 0 Å². The SMILES string of the molecule is CCCOc1ccc(NC(=O)C2(c3ccc(OC)cc3)CCCC2)c(C)n1. The van der Waals surface area contributed by atoms with E-state index in [9.17, 15) is 4.79 Å². The Balaban J connectivity index is 1.81. The van der Waals surface area contributed by atoms with E-state index in [1.165, 1.54) is 0 Å². The van der Waals surface area contributed by atoms with Gasteiger partial charge >= 0.3 is 0 Å². The van der Waals surface area contributed by atoms with Gasteiger partial charge in [-0.15, -0.1) is 0 Å². The van der Waals surface area contributed by atoms with Crippen LogP contribution in [0.1, 0.15) is 50.3 Å². The Morgan fingerprint density at radius 1 is 1.15 bits per heavy atom. The van der Waals surface area contributed by atoms with E-state index in [0.717, 1.165) is 54.8 Å². The van der Waals surface area contributed by atoms with E-state index < -0.39 is 5.41 Å². The molecule has 1 saturated carbocycles. The molecule has 5 heteroatoms. The number of hydrogen-bond donors (Lipinski definition) is 1. The summed E-state index contributed by atoms with van der Waals surface area (Å²) in [5.41, 5.74) is 2.06. The Labute approximate surface area is 161 Å². The number of pyridine rings is 1. The number of methoxy groups -OCH3 is 1. The maximum Gasteiger partial charge on any atom is 0.235 e. The number of benzene rings is 1. The molecule has 0 aliphatic heterocycles. The number of carbonyl (C=O) groups excluding carboxylic acids is 1. The van der Waals surface area contributed by atoms with Gasteiger partial charge in [0.2, 0.25) is 11.8 Å². The number of anilines is 1. The maximum atomic E-state index is 13.3. The lowest BCUT2D eigenvalue weighted by Gasteiger charge is -2.28. The van der Waals surface area contributed by atoms with Gasteiger partial charge in [0.25, 0.3) is 0 Å². The van der Waals surface area contributed by atoms with Crippen LogP contribution in [0.3, 0.4) is 0 Å². The highest BCUT2D eigenvalue weighted by atomic mass is 16.5. The fourth-order valence-electron chi connectivity index (χ4n) is 3.73. The Bertz CT molecular complexity index is 781. The first-order valence-electron chi connectivity index (χ1n) is 9.65. The van der Waals surface area contributed by atoms with E-state index in [0.29, 0.717) is 12.5 Å². The molecule has 0 unspecified atom stereocenters. The minimum absolute atomic E-state index is 0.0392. The van der Waals surface area contributed by atoms with E-state index in [4.69, 9.17) is 9.47 Å². The fourth-order valence-corrected chi connectivity index (χ4v) is 3.73. The molecule has 3 rings (SSSR count). The summed E-state index contributed by atoms with van der Waals surface area (Å²) in [6.07, 6.45) is 4.76. The molecule has 0 spiro atoms. The van der Waals surface area contributed by atoms with Crippen molar-refractivity contribution in [1.29, 1.82) is 0 Å². The molecule has 0 atom stereocenters. The molecule has 1 aliphatic carbocycles. The highest BCUT2D eigenvalue weighted by molar-refractivity contribution is 5.99. The summed E-state index contributed by atoms with van der Waals surface area (Å²) >= 11 is 0. The number of rotatable bonds is 7. The Morgan fingerprint density at radius 3 is 2.44 bits per heavy atom. The van der Waals surface area contributed by atoms with E-state index >= 15 is 0 Å². The van der Waals surface area contributed by atoms with E-state index in [2.05, 4.69) is 17.2 Å². The van der Waals surface area contributed by atoms with Crippen LogP contribution in [0.2, 0.25) is 0 Å². The molecule has 1 aromatic carbocycles. The molecular weight excluding hydrogens is 340 g/mol. The summed E-state index contributed by atoms with van der Waals surface area (Å²) < 4.78 is 10.8. The summed E-state index contributed by atoms with van der Waals surface area (Å²) in [6, 6.07) is 11.6. The molecule has 1 aliphatic rings. The monoisotopic (exact) mass is 368 g/mol. The van der Waals surface area contributed by atoms with Crippen molar-refractivity contribution in [2.75, 3.05) is 19.0 Å². The lowest BCUT2D eigenvalue weighted by Crippen LogP contribution is -2.38. The lowest BCUT2D eigenvalue weighted by molar-refractivity contribution is -0.121. The fraction of sp³-hybridized carbons (Fsp3) is 0.455. The van der Waals surface area contributed by atoms with E-state index in [1.807, 2.05) is 43.3 Å². The zero-order chi connectivity index (χ0) is 19.3. The summed E-state index contributed by atoms with van der Waals surface area (Å²) in [7, 11) is 1.65. The first-order chi connectivity index (χ1) is 13.1. The molecule has 1 amide bonds. The quantitative estimate of drug-likeness (QED) is 0.773. The first-order valence-corrected chi connectivity index (χ1v) is 9.65. The Kier molecular flexibility index (Phi) is 5.99. The number of nitrogens with zero attached hydrogens (tertiary/aromatic N) is 1. The van der Waals surface area contributed by atoms with Gasteiger partial charge in [0.15, 0.2) is 0 Å². The first kappa shape index (κ1) is 19.2. The minimum Gasteiger partial charge on any atom is -0.497 e. The number of nitrogens with one attached hydrogen (secondary N) is 1. The van der Waals surface area contributed by atoms with Gasteiger partial charge in [0.05, 0.1) is 30.5 Å². The molecule has 1 N–H and O–H groups in total. The molecule has 1 fully saturated rings. The molecule has 1 heterocycles. The maximum absolute atomic E-state index is 13.3. The average Bonchev–Trinajstić information content (AvgIpc) is 3.19. The van der Waals surface area contributed by atoms with Gasteiger partial charge in [-0.3, -0.25) is 4.79 Å². The van der Waals surface area contributed by atoms with E-state index in [-0.39, 0.29) is 5.91 Å². The largest absolute Gasteiger partial charge is 0.497 e. The topological polar surface area (TPSA) is 60.5 Å². The molecule has 5 nitrogen and oxygen atoms in total. The molecular formula is C22H28N2O3. The predicted octanol–water partition coefficient (Wildman–Crippen LogP) is 4.64. The van der Waals surface area contributed by atoms with Crippen molar-refractivity contribution in [3.63, 3.8) is 0 Å². The van der Waals surface area contributed by atoms with Crippen molar-refractivity contribution in [1.82, 2.24) is 4.98 Å². The highest BCUT2D eigenvalue weighted by Crippen LogP contribution is 2.42. The van der Waals surface area contributed by atoms with Gasteiger partial charge in [0, 0.05) is 6.07 Å². The summed E-state index contributed by atoms with van der Waals surface area (Å²) in [4.78, 5) is 17.8. The normalized spacial score (nSPS) is 15.4. The van der Waals surface area contributed by atoms with E-state index in [1.54, 1.807) is 7.11 Å². The Morgan fingerprint density at radius 2 is 1.85 bits per heavy atom. The van der Waals surface area contributed by atoms with Crippen molar-refractivity contribution in [3.05, 3.63) is 47.7 Å². The van der Waals surface area contributed by atoms with Gasteiger partial charge < -0.3 is 14.8 Å². The predicted molar refractivity (Wildman–Crippen MR) is 107 cm³/mol. The minimum atomic E-state index is -0.490. The highest BCUT2D eigenvalue weighted by Gasteiger charge is 2.42. The second-order valence-corrected chi connectivity index (χ2v) is 7.10. The summed E-state index contributed by atoms with van der Waals surface area (Å²) in [6.45, 7) is 4.59. The smallest absolute Gasteiger partial charge is 0.235 e. The van der Waals surface area contributed by atoms with Crippen LogP contribution in [-0.4, -0.2) is 24.6 Å². The van der Waals surface area contributed by atoms with Crippen LogP contribution in [-0.2, 0) is 10.2 Å². The molecule has 144 valence electrons. The number of carbonyl (C=O) groups is 1. The number of aromatic nitrogens is 1. The zero-order valence-electron chi connectivity index (χ0n) is 16.4. The number of amides is 1. The van der Waals surface area contributed by atoms with Gasteiger partial charge in [0.1, 0.15) is 5.75 Å². The van der Waals surface area contributed by atoms with Crippen LogP contribution in [0.25, 0.3) is 0 Å². The molecule has 0 saturated heterocycles. The number of hydrogen-bond acceptors (Lipinski definition) is 4. The molecule has 0 bridgehead atoms. The van der Waals surface area contributed by atoms with Gasteiger partial charge in [-0.2, -0.15) is 0 Å². The van der Waals surface area contributed by atoms with Crippen LogP contribution >= 0.6 is 0 Å².